The van der Waals surface area contributed by atoms with Crippen molar-refractivity contribution in [2.45, 2.75) is 39.0 Å². The first-order valence-corrected chi connectivity index (χ1v) is 10.6. The van der Waals surface area contributed by atoms with Crippen LogP contribution in [0.3, 0.4) is 0 Å². The van der Waals surface area contributed by atoms with Crippen LogP contribution in [0.15, 0.2) is 54.7 Å². The lowest BCUT2D eigenvalue weighted by Gasteiger charge is -2.27. The van der Waals surface area contributed by atoms with Crippen LogP contribution >= 0.6 is 0 Å². The number of aromatic nitrogens is 2. The molecule has 2 aromatic carbocycles. The molecule has 180 valence electrons. The van der Waals surface area contributed by atoms with E-state index in [4.69, 9.17) is 4.74 Å². The molecule has 0 radical (unpaired) electrons. The van der Waals surface area contributed by atoms with Gasteiger partial charge in [0.15, 0.2) is 0 Å². The van der Waals surface area contributed by atoms with Crippen LogP contribution in [0.5, 0.6) is 5.75 Å². The number of hydrogen-bond donors (Lipinski definition) is 3. The Bertz CT molecular complexity index is 1140. The Kier molecular flexibility index (Phi) is 7.62. The molecule has 2 amide bonds. The van der Waals surface area contributed by atoms with Crippen LogP contribution in [0.1, 0.15) is 26.3 Å². The molecule has 34 heavy (non-hydrogen) atoms. The molecule has 3 rings (SSSR count). The van der Waals surface area contributed by atoms with Crippen molar-refractivity contribution in [3.63, 3.8) is 0 Å². The largest absolute Gasteiger partial charge is 0.497 e. The van der Waals surface area contributed by atoms with Gasteiger partial charge in [-0.05, 0) is 56.7 Å². The van der Waals surface area contributed by atoms with E-state index in [0.717, 1.165) is 23.8 Å². The summed E-state index contributed by atoms with van der Waals surface area (Å²) in [5.41, 5.74) is -0.601. The van der Waals surface area contributed by atoms with E-state index in [9.17, 15) is 18.7 Å². The summed E-state index contributed by atoms with van der Waals surface area (Å²) in [4.78, 5) is 23.0. The van der Waals surface area contributed by atoms with Crippen molar-refractivity contribution in [3.05, 3.63) is 71.9 Å². The molecule has 0 bridgehead atoms. The first-order chi connectivity index (χ1) is 16.1. The smallest absolute Gasteiger partial charge is 0.327 e. The van der Waals surface area contributed by atoms with Crippen molar-refractivity contribution in [2.24, 2.45) is 0 Å². The number of ether oxygens (including phenoxy) is 1. The van der Waals surface area contributed by atoms with Gasteiger partial charge in [0.25, 0.3) is 0 Å². The quantitative estimate of drug-likeness (QED) is 0.445. The fourth-order valence-electron chi connectivity index (χ4n) is 2.89. The zero-order valence-electron chi connectivity index (χ0n) is 19.3. The molecular formula is C24H27F2N5O3. The van der Waals surface area contributed by atoms with Crippen molar-refractivity contribution in [1.29, 1.82) is 0 Å². The Hall–Kier alpha value is -3.79. The average molecular weight is 472 g/mol. The molecule has 1 atom stereocenters. The number of aliphatic hydroxyl groups is 1. The van der Waals surface area contributed by atoms with Gasteiger partial charge in [-0.2, -0.15) is 4.98 Å². The van der Waals surface area contributed by atoms with Gasteiger partial charge in [0.05, 0.1) is 31.0 Å². The molecule has 8 nitrogen and oxygen atoms in total. The lowest BCUT2D eigenvalue weighted by atomic mass is 10.0. The molecule has 0 aliphatic heterocycles. The number of benzene rings is 2. The van der Waals surface area contributed by atoms with Gasteiger partial charge in [-0.15, -0.1) is 0 Å². The topological polar surface area (TPSA) is 99.6 Å². The third-order valence-corrected chi connectivity index (χ3v) is 5.24. The summed E-state index contributed by atoms with van der Waals surface area (Å²) in [7, 11) is 1.55. The van der Waals surface area contributed by atoms with E-state index in [1.807, 2.05) is 0 Å². The number of anilines is 3. The van der Waals surface area contributed by atoms with Gasteiger partial charge in [-0.3, -0.25) is 4.90 Å². The molecule has 1 heterocycles. The van der Waals surface area contributed by atoms with Gasteiger partial charge in [-0.25, -0.2) is 18.6 Å². The van der Waals surface area contributed by atoms with E-state index < -0.39 is 29.3 Å². The second-order valence-electron chi connectivity index (χ2n) is 8.25. The first-order valence-electron chi connectivity index (χ1n) is 10.6. The van der Waals surface area contributed by atoms with Crippen LogP contribution in [-0.4, -0.2) is 39.9 Å². The Balaban J connectivity index is 1.93. The number of urea groups is 1. The highest BCUT2D eigenvalue weighted by molar-refractivity contribution is 6.01. The van der Waals surface area contributed by atoms with Crippen molar-refractivity contribution in [1.82, 2.24) is 9.97 Å². The van der Waals surface area contributed by atoms with E-state index >= 15 is 0 Å². The molecule has 0 spiro atoms. The van der Waals surface area contributed by atoms with Gasteiger partial charge < -0.3 is 20.5 Å². The first kappa shape index (κ1) is 24.8. The number of halogens is 2. The Labute approximate surface area is 196 Å². The molecule has 0 aliphatic rings. The summed E-state index contributed by atoms with van der Waals surface area (Å²) < 4.78 is 32.9. The number of carbonyl (C=O) groups excluding carboxylic acids is 1. The minimum absolute atomic E-state index is 0.0737. The second-order valence-corrected chi connectivity index (χ2v) is 8.25. The predicted octanol–water partition coefficient (Wildman–Crippen LogP) is 4.57. The highest BCUT2D eigenvalue weighted by Gasteiger charge is 2.24. The van der Waals surface area contributed by atoms with E-state index in [-0.39, 0.29) is 24.0 Å². The molecule has 0 saturated carbocycles. The van der Waals surface area contributed by atoms with E-state index in [1.54, 1.807) is 52.1 Å². The highest BCUT2D eigenvalue weighted by atomic mass is 19.1. The van der Waals surface area contributed by atoms with E-state index in [0.29, 0.717) is 5.75 Å². The zero-order chi connectivity index (χ0) is 24.9. The molecule has 0 saturated heterocycles. The second kappa shape index (κ2) is 10.4. The fraction of sp³-hybridized carbons (Fsp3) is 0.292. The monoisotopic (exact) mass is 471 g/mol. The molecule has 1 aromatic heterocycles. The summed E-state index contributed by atoms with van der Waals surface area (Å²) in [5, 5.41) is 15.6. The summed E-state index contributed by atoms with van der Waals surface area (Å²) >= 11 is 0. The number of methoxy groups -OCH3 is 1. The third kappa shape index (κ3) is 6.38. The summed E-state index contributed by atoms with van der Waals surface area (Å²) in [6.07, 6.45) is 1.46. The van der Waals surface area contributed by atoms with Gasteiger partial charge in [-0.1, -0.05) is 12.1 Å². The Morgan fingerprint density at radius 1 is 1.18 bits per heavy atom. The number of amides is 2. The van der Waals surface area contributed by atoms with E-state index in [1.165, 1.54) is 17.2 Å². The van der Waals surface area contributed by atoms with Gasteiger partial charge in [0.2, 0.25) is 5.95 Å². The average Bonchev–Trinajstić information content (AvgIpc) is 2.79. The molecule has 0 aliphatic carbocycles. The van der Waals surface area contributed by atoms with Gasteiger partial charge in [0, 0.05) is 12.3 Å². The molecule has 1 unspecified atom stereocenters. The maximum absolute atomic E-state index is 14.2. The van der Waals surface area contributed by atoms with Crippen molar-refractivity contribution in [3.8, 4) is 5.75 Å². The lowest BCUT2D eigenvalue weighted by Crippen LogP contribution is -2.40. The van der Waals surface area contributed by atoms with Gasteiger partial charge >= 0.3 is 6.03 Å². The van der Waals surface area contributed by atoms with Gasteiger partial charge in [0.1, 0.15) is 23.2 Å². The van der Waals surface area contributed by atoms with Crippen LogP contribution in [0.4, 0.5) is 31.0 Å². The highest BCUT2D eigenvalue weighted by Crippen LogP contribution is 2.22. The standard InChI is InChI=1S/C24H27F2N5O3/c1-15(24(2,3)33)28-22-27-12-11-21(30-22)31(14-16-5-8-18(34-4)9-6-16)23(32)29-20-13-17(25)7-10-19(20)26/h5-13,15,33H,14H2,1-4H3,(H,29,32)(H,27,28,30). The SMILES string of the molecule is COc1ccc(CN(C(=O)Nc2cc(F)ccc2F)c2ccnc(NC(C)C(C)(C)O)n2)cc1. The lowest BCUT2D eigenvalue weighted by molar-refractivity contribution is 0.0646. The molecule has 3 N–H and O–H groups in total. The number of carbonyl (C=O) groups is 1. The molecule has 10 heteroatoms. The molecule has 3 aromatic rings. The molecular weight excluding hydrogens is 444 g/mol. The minimum atomic E-state index is -1.05. The zero-order valence-corrected chi connectivity index (χ0v) is 19.3. The van der Waals surface area contributed by atoms with Crippen LogP contribution < -0.4 is 20.3 Å². The van der Waals surface area contributed by atoms with Crippen LogP contribution in [-0.2, 0) is 6.54 Å². The maximum Gasteiger partial charge on any atom is 0.327 e. The van der Waals surface area contributed by atoms with Crippen LogP contribution in [0, 0.1) is 11.6 Å². The summed E-state index contributed by atoms with van der Waals surface area (Å²) in [6, 6.07) is 10.2. The minimum Gasteiger partial charge on any atom is -0.497 e. The van der Waals surface area contributed by atoms with Crippen LogP contribution in [0.25, 0.3) is 0 Å². The number of nitrogens with one attached hydrogen (secondary N) is 2. The number of rotatable bonds is 8. The summed E-state index contributed by atoms with van der Waals surface area (Å²) in [6.45, 7) is 5.13. The third-order valence-electron chi connectivity index (χ3n) is 5.24. The molecule has 0 fully saturated rings. The van der Waals surface area contributed by atoms with E-state index in [2.05, 4.69) is 20.6 Å². The summed E-state index contributed by atoms with van der Waals surface area (Å²) in [5.74, 6) is -0.409. The fourth-order valence-corrected chi connectivity index (χ4v) is 2.89. The maximum atomic E-state index is 14.2. The van der Waals surface area contributed by atoms with Crippen molar-refractivity contribution in [2.75, 3.05) is 22.6 Å². The predicted molar refractivity (Wildman–Crippen MR) is 126 cm³/mol. The Morgan fingerprint density at radius 2 is 1.88 bits per heavy atom. The van der Waals surface area contributed by atoms with Crippen molar-refractivity contribution >= 4 is 23.5 Å². The Morgan fingerprint density at radius 3 is 2.53 bits per heavy atom. The number of nitrogens with zero attached hydrogens (tertiary/aromatic N) is 3. The number of hydrogen-bond acceptors (Lipinski definition) is 6. The van der Waals surface area contributed by atoms with Crippen LogP contribution in [0.2, 0.25) is 0 Å². The van der Waals surface area contributed by atoms with Crippen molar-refractivity contribution < 1.29 is 23.4 Å². The normalized spacial score (nSPS) is 12.1.